The van der Waals surface area contributed by atoms with Crippen LogP contribution >= 0.6 is 0 Å². The first-order valence-electron chi connectivity index (χ1n) is 7.67. The Balaban J connectivity index is 1.80. The summed E-state index contributed by atoms with van der Waals surface area (Å²) in [5.41, 5.74) is 4.25. The van der Waals surface area contributed by atoms with Crippen LogP contribution in [0.2, 0.25) is 0 Å². The van der Waals surface area contributed by atoms with E-state index < -0.39 is 0 Å². The van der Waals surface area contributed by atoms with Crippen molar-refractivity contribution in [3.63, 3.8) is 0 Å². The Labute approximate surface area is 132 Å². The molecule has 0 unspecified atom stereocenters. The first-order valence-corrected chi connectivity index (χ1v) is 7.67. The van der Waals surface area contributed by atoms with Crippen molar-refractivity contribution in [2.75, 3.05) is 13.2 Å². The Kier molecular flexibility index (Phi) is 5.59. The van der Waals surface area contributed by atoms with Gasteiger partial charge in [-0.3, -0.25) is 4.79 Å². The number of aryl methyl sites for hydroxylation is 3. The quantitative estimate of drug-likeness (QED) is 0.826. The summed E-state index contributed by atoms with van der Waals surface area (Å²) in [6.45, 7) is 7.11. The summed E-state index contributed by atoms with van der Waals surface area (Å²) >= 11 is 0. The molecule has 0 aliphatic rings. The molecule has 3 nitrogen and oxygen atoms in total. The maximum absolute atomic E-state index is 12.1. The van der Waals surface area contributed by atoms with Crippen molar-refractivity contribution < 1.29 is 9.53 Å². The highest BCUT2D eigenvalue weighted by molar-refractivity contribution is 5.94. The predicted molar refractivity (Wildman–Crippen MR) is 89.6 cm³/mol. The molecule has 0 fully saturated rings. The normalized spacial score (nSPS) is 10.3. The Morgan fingerprint density at radius 3 is 2.64 bits per heavy atom. The highest BCUT2D eigenvalue weighted by Crippen LogP contribution is 2.13. The second-order valence-corrected chi connectivity index (χ2v) is 5.40. The fraction of sp³-hybridized carbons (Fsp3) is 0.316. The van der Waals surface area contributed by atoms with Crippen molar-refractivity contribution in [3.8, 4) is 5.75 Å². The summed E-state index contributed by atoms with van der Waals surface area (Å²) in [6.07, 6.45) is 0.987. The van der Waals surface area contributed by atoms with Gasteiger partial charge in [0, 0.05) is 5.56 Å². The first-order chi connectivity index (χ1) is 10.6. The van der Waals surface area contributed by atoms with E-state index in [1.54, 1.807) is 0 Å². The lowest BCUT2D eigenvalue weighted by Gasteiger charge is -2.09. The molecule has 116 valence electrons. The van der Waals surface area contributed by atoms with Crippen LogP contribution in [0.5, 0.6) is 5.75 Å². The van der Waals surface area contributed by atoms with Gasteiger partial charge in [0.05, 0.1) is 6.54 Å². The molecule has 0 bridgehead atoms. The summed E-state index contributed by atoms with van der Waals surface area (Å²) < 4.78 is 5.66. The van der Waals surface area contributed by atoms with Crippen molar-refractivity contribution in [1.82, 2.24) is 5.32 Å². The van der Waals surface area contributed by atoms with Gasteiger partial charge in [0.25, 0.3) is 5.91 Å². The minimum atomic E-state index is -0.0611. The van der Waals surface area contributed by atoms with Crippen molar-refractivity contribution >= 4 is 5.91 Å². The van der Waals surface area contributed by atoms with Crippen molar-refractivity contribution in [2.24, 2.45) is 0 Å². The Hall–Kier alpha value is -2.29. The number of nitrogens with one attached hydrogen (secondary N) is 1. The molecule has 0 aliphatic carbocycles. The number of hydrogen-bond donors (Lipinski definition) is 1. The smallest absolute Gasteiger partial charge is 0.251 e. The Morgan fingerprint density at radius 2 is 1.91 bits per heavy atom. The number of carbonyl (C=O) groups is 1. The summed E-state index contributed by atoms with van der Waals surface area (Å²) in [7, 11) is 0. The van der Waals surface area contributed by atoms with Crippen LogP contribution in [0.4, 0.5) is 0 Å². The monoisotopic (exact) mass is 297 g/mol. The molecule has 0 radical (unpaired) electrons. The molecule has 0 heterocycles. The first kappa shape index (κ1) is 16.1. The molecule has 0 aromatic heterocycles. The number of rotatable bonds is 6. The summed E-state index contributed by atoms with van der Waals surface area (Å²) in [6, 6.07) is 13.8. The number of hydrogen-bond acceptors (Lipinski definition) is 2. The summed E-state index contributed by atoms with van der Waals surface area (Å²) in [5.74, 6) is 0.786. The van der Waals surface area contributed by atoms with Crippen LogP contribution in [0.3, 0.4) is 0 Å². The van der Waals surface area contributed by atoms with Gasteiger partial charge < -0.3 is 10.1 Å². The van der Waals surface area contributed by atoms with E-state index in [0.717, 1.165) is 17.7 Å². The fourth-order valence-corrected chi connectivity index (χ4v) is 2.17. The van der Waals surface area contributed by atoms with Crippen LogP contribution in [0.1, 0.15) is 34.0 Å². The molecule has 2 rings (SSSR count). The molecule has 0 atom stereocenters. The molecule has 1 amide bonds. The van der Waals surface area contributed by atoms with E-state index in [2.05, 4.69) is 18.3 Å². The Bertz CT molecular complexity index is 650. The van der Waals surface area contributed by atoms with E-state index in [-0.39, 0.29) is 5.91 Å². The van der Waals surface area contributed by atoms with Gasteiger partial charge in [0.1, 0.15) is 12.4 Å². The van der Waals surface area contributed by atoms with Crippen LogP contribution in [0.15, 0.2) is 42.5 Å². The molecule has 2 aromatic rings. The third kappa shape index (κ3) is 4.35. The maximum Gasteiger partial charge on any atom is 0.251 e. The van der Waals surface area contributed by atoms with Gasteiger partial charge in [0.2, 0.25) is 0 Å². The molecule has 0 spiro atoms. The van der Waals surface area contributed by atoms with Crippen LogP contribution in [0, 0.1) is 13.8 Å². The van der Waals surface area contributed by atoms with E-state index >= 15 is 0 Å². The van der Waals surface area contributed by atoms with Gasteiger partial charge in [-0.2, -0.15) is 0 Å². The lowest BCUT2D eigenvalue weighted by Crippen LogP contribution is -2.28. The molecular weight excluding hydrogens is 274 g/mol. The molecule has 22 heavy (non-hydrogen) atoms. The Morgan fingerprint density at radius 1 is 1.09 bits per heavy atom. The van der Waals surface area contributed by atoms with Gasteiger partial charge in [-0.15, -0.1) is 0 Å². The predicted octanol–water partition coefficient (Wildman–Crippen LogP) is 3.67. The van der Waals surface area contributed by atoms with E-state index in [4.69, 9.17) is 4.74 Å². The highest BCUT2D eigenvalue weighted by Gasteiger charge is 2.06. The van der Waals surface area contributed by atoms with Crippen molar-refractivity contribution in [1.29, 1.82) is 0 Å². The average Bonchev–Trinajstić information content (AvgIpc) is 2.54. The van der Waals surface area contributed by atoms with Crippen molar-refractivity contribution in [2.45, 2.75) is 27.2 Å². The van der Waals surface area contributed by atoms with Gasteiger partial charge >= 0.3 is 0 Å². The minimum Gasteiger partial charge on any atom is -0.492 e. The summed E-state index contributed by atoms with van der Waals surface area (Å²) in [4.78, 5) is 12.1. The van der Waals surface area contributed by atoms with Gasteiger partial charge in [-0.25, -0.2) is 0 Å². The standard InChI is InChI=1S/C19H23NO2/c1-4-16-6-5-7-18(13-16)22-11-10-20-19(21)17-9-8-14(2)15(3)12-17/h5-9,12-13H,4,10-11H2,1-3H3,(H,20,21). The summed E-state index contributed by atoms with van der Waals surface area (Å²) in [5, 5.41) is 2.88. The second kappa shape index (κ2) is 7.64. The number of ether oxygens (including phenoxy) is 1. The molecule has 0 aliphatic heterocycles. The van der Waals surface area contributed by atoms with E-state index in [0.29, 0.717) is 18.7 Å². The molecular formula is C19H23NO2. The van der Waals surface area contributed by atoms with Gasteiger partial charge in [0.15, 0.2) is 0 Å². The van der Waals surface area contributed by atoms with Crippen molar-refractivity contribution in [3.05, 3.63) is 64.7 Å². The topological polar surface area (TPSA) is 38.3 Å². The molecule has 0 saturated carbocycles. The van der Waals surface area contributed by atoms with Gasteiger partial charge in [-0.05, 0) is 61.2 Å². The maximum atomic E-state index is 12.1. The number of carbonyl (C=O) groups excluding carboxylic acids is 1. The molecule has 2 aromatic carbocycles. The fourth-order valence-electron chi connectivity index (χ4n) is 2.17. The van der Waals surface area contributed by atoms with Crippen LogP contribution in [-0.4, -0.2) is 19.1 Å². The van der Waals surface area contributed by atoms with E-state index in [9.17, 15) is 4.79 Å². The number of amides is 1. The second-order valence-electron chi connectivity index (χ2n) is 5.40. The highest BCUT2D eigenvalue weighted by atomic mass is 16.5. The number of benzene rings is 2. The SMILES string of the molecule is CCc1cccc(OCCNC(=O)c2ccc(C)c(C)c2)c1. The van der Waals surface area contributed by atoms with Crippen LogP contribution < -0.4 is 10.1 Å². The average molecular weight is 297 g/mol. The van der Waals surface area contributed by atoms with Crippen LogP contribution in [0.25, 0.3) is 0 Å². The van der Waals surface area contributed by atoms with Crippen LogP contribution in [-0.2, 0) is 6.42 Å². The molecule has 1 N–H and O–H groups in total. The van der Waals surface area contributed by atoms with Gasteiger partial charge in [-0.1, -0.05) is 25.1 Å². The van der Waals surface area contributed by atoms with E-state index in [1.165, 1.54) is 11.1 Å². The molecule has 0 saturated heterocycles. The largest absolute Gasteiger partial charge is 0.492 e. The molecule has 3 heteroatoms. The lowest BCUT2D eigenvalue weighted by atomic mass is 10.1. The minimum absolute atomic E-state index is 0.0611. The zero-order valence-corrected chi connectivity index (χ0v) is 13.5. The van der Waals surface area contributed by atoms with E-state index in [1.807, 2.05) is 50.2 Å². The third-order valence-corrected chi connectivity index (χ3v) is 3.73. The zero-order valence-electron chi connectivity index (χ0n) is 13.5. The lowest BCUT2D eigenvalue weighted by molar-refractivity contribution is 0.0947. The zero-order chi connectivity index (χ0) is 15.9. The third-order valence-electron chi connectivity index (χ3n) is 3.73.